The molecule has 0 saturated carbocycles. The van der Waals surface area contributed by atoms with Gasteiger partial charge in [-0.1, -0.05) is 15.9 Å². The molecular formula is C9H6BrF3N2. The molecule has 0 fully saturated rings. The van der Waals surface area contributed by atoms with Crippen LogP contribution in [0.25, 0.3) is 10.9 Å². The summed E-state index contributed by atoms with van der Waals surface area (Å²) >= 11 is 3.19. The summed E-state index contributed by atoms with van der Waals surface area (Å²) in [6.07, 6.45) is -2.82. The minimum atomic E-state index is -4.37. The van der Waals surface area contributed by atoms with E-state index in [-0.39, 0.29) is 5.52 Å². The van der Waals surface area contributed by atoms with Gasteiger partial charge >= 0.3 is 6.18 Å². The summed E-state index contributed by atoms with van der Waals surface area (Å²) in [5.74, 6) is 0. The maximum absolute atomic E-state index is 12.6. The summed E-state index contributed by atoms with van der Waals surface area (Å²) in [5, 5.41) is 4.27. The van der Waals surface area contributed by atoms with E-state index in [2.05, 4.69) is 21.0 Å². The van der Waals surface area contributed by atoms with E-state index in [1.807, 2.05) is 0 Å². The standard InChI is InChI=1S/C9H6BrF3N2/c1-15-4-5-7(10)3-2-6(8(5)14-15)9(11,12)13/h2-4H,1H3. The van der Waals surface area contributed by atoms with Gasteiger partial charge in [-0.05, 0) is 12.1 Å². The maximum atomic E-state index is 12.6. The molecule has 0 aliphatic heterocycles. The quantitative estimate of drug-likeness (QED) is 0.723. The van der Waals surface area contributed by atoms with Gasteiger partial charge in [0.2, 0.25) is 0 Å². The molecule has 0 aliphatic carbocycles. The van der Waals surface area contributed by atoms with E-state index in [0.717, 1.165) is 6.07 Å². The van der Waals surface area contributed by atoms with Crippen molar-refractivity contribution in [3.05, 3.63) is 28.4 Å². The average Bonchev–Trinajstić information content (AvgIpc) is 2.45. The van der Waals surface area contributed by atoms with Crippen molar-refractivity contribution in [2.75, 3.05) is 0 Å². The van der Waals surface area contributed by atoms with Gasteiger partial charge in [-0.15, -0.1) is 0 Å². The first-order valence-electron chi connectivity index (χ1n) is 4.08. The zero-order valence-corrected chi connectivity index (χ0v) is 9.22. The summed E-state index contributed by atoms with van der Waals surface area (Å²) in [7, 11) is 1.59. The molecule has 1 aromatic carbocycles. The summed E-state index contributed by atoms with van der Waals surface area (Å²) in [6, 6.07) is 2.41. The van der Waals surface area contributed by atoms with Crippen molar-refractivity contribution < 1.29 is 13.2 Å². The van der Waals surface area contributed by atoms with Crippen LogP contribution in [0, 0.1) is 0 Å². The van der Waals surface area contributed by atoms with Gasteiger partial charge in [0.1, 0.15) is 5.52 Å². The fourth-order valence-corrected chi connectivity index (χ4v) is 1.84. The predicted molar refractivity (Wildman–Crippen MR) is 53.4 cm³/mol. The van der Waals surface area contributed by atoms with Crippen molar-refractivity contribution in [2.24, 2.45) is 7.05 Å². The molecule has 2 nitrogen and oxygen atoms in total. The van der Waals surface area contributed by atoms with Crippen LogP contribution >= 0.6 is 15.9 Å². The molecule has 2 aromatic rings. The second kappa shape index (κ2) is 3.23. The third-order valence-corrected chi connectivity index (χ3v) is 2.73. The number of benzene rings is 1. The molecule has 0 spiro atoms. The van der Waals surface area contributed by atoms with E-state index < -0.39 is 11.7 Å². The summed E-state index contributed by atoms with van der Waals surface area (Å²) in [5.41, 5.74) is -0.735. The summed E-state index contributed by atoms with van der Waals surface area (Å²) < 4.78 is 39.8. The Morgan fingerprint density at radius 3 is 2.60 bits per heavy atom. The first-order valence-corrected chi connectivity index (χ1v) is 4.88. The zero-order valence-electron chi connectivity index (χ0n) is 7.64. The number of hydrogen-bond acceptors (Lipinski definition) is 1. The van der Waals surface area contributed by atoms with Crippen LogP contribution in [0.1, 0.15) is 5.56 Å². The number of halogens is 4. The second-order valence-corrected chi connectivity index (χ2v) is 4.01. The van der Waals surface area contributed by atoms with Crippen molar-refractivity contribution in [2.45, 2.75) is 6.18 Å². The first-order chi connectivity index (χ1) is 6.89. The Hall–Kier alpha value is -1.04. The summed E-state index contributed by atoms with van der Waals surface area (Å²) in [6.45, 7) is 0. The molecule has 0 unspecified atom stereocenters. The Morgan fingerprint density at radius 2 is 2.00 bits per heavy atom. The lowest BCUT2D eigenvalue weighted by atomic mass is 10.1. The Bertz CT molecular complexity index is 516. The molecular weight excluding hydrogens is 273 g/mol. The van der Waals surface area contributed by atoms with Gasteiger partial charge < -0.3 is 0 Å². The topological polar surface area (TPSA) is 17.8 Å². The Kier molecular flexibility index (Phi) is 2.26. The number of aromatic nitrogens is 2. The van der Waals surface area contributed by atoms with E-state index >= 15 is 0 Å². The lowest BCUT2D eigenvalue weighted by Gasteiger charge is -2.07. The highest BCUT2D eigenvalue weighted by Crippen LogP contribution is 2.36. The molecule has 2 rings (SSSR count). The van der Waals surface area contributed by atoms with Gasteiger partial charge in [-0.25, -0.2) is 0 Å². The lowest BCUT2D eigenvalue weighted by Crippen LogP contribution is -2.06. The molecule has 0 radical (unpaired) electrons. The average molecular weight is 279 g/mol. The van der Waals surface area contributed by atoms with Crippen LogP contribution in [-0.2, 0) is 13.2 Å². The Balaban J connectivity index is 2.83. The molecule has 0 saturated heterocycles. The number of nitrogens with zero attached hydrogens (tertiary/aromatic N) is 2. The second-order valence-electron chi connectivity index (χ2n) is 3.16. The monoisotopic (exact) mass is 278 g/mol. The summed E-state index contributed by atoms with van der Waals surface area (Å²) in [4.78, 5) is 0. The van der Waals surface area contributed by atoms with Crippen LogP contribution in [0.5, 0.6) is 0 Å². The highest BCUT2D eigenvalue weighted by molar-refractivity contribution is 9.10. The molecule has 0 atom stereocenters. The highest BCUT2D eigenvalue weighted by Gasteiger charge is 2.34. The first kappa shape index (κ1) is 10.5. The number of aryl methyl sites for hydroxylation is 1. The molecule has 6 heteroatoms. The third kappa shape index (κ3) is 1.73. The Morgan fingerprint density at radius 1 is 1.33 bits per heavy atom. The normalized spacial score (nSPS) is 12.3. The van der Waals surface area contributed by atoms with E-state index in [4.69, 9.17) is 0 Å². The van der Waals surface area contributed by atoms with Gasteiger partial charge in [0.25, 0.3) is 0 Å². The molecule has 80 valence electrons. The van der Waals surface area contributed by atoms with E-state index in [1.165, 1.54) is 10.7 Å². The zero-order chi connectivity index (χ0) is 11.2. The largest absolute Gasteiger partial charge is 0.418 e. The molecule has 0 bridgehead atoms. The van der Waals surface area contributed by atoms with Gasteiger partial charge in [-0.3, -0.25) is 4.68 Å². The van der Waals surface area contributed by atoms with Gasteiger partial charge in [0.15, 0.2) is 0 Å². The SMILES string of the molecule is Cn1cc2c(Br)ccc(C(F)(F)F)c2n1. The van der Waals surface area contributed by atoms with Crippen LogP contribution in [0.3, 0.4) is 0 Å². The van der Waals surface area contributed by atoms with E-state index in [1.54, 1.807) is 13.2 Å². The Labute approximate surface area is 91.8 Å². The number of rotatable bonds is 0. The van der Waals surface area contributed by atoms with Gasteiger partial charge in [0.05, 0.1) is 5.56 Å². The molecule has 1 aromatic heterocycles. The van der Waals surface area contributed by atoms with Crippen molar-refractivity contribution in [1.82, 2.24) is 9.78 Å². The number of alkyl halides is 3. The van der Waals surface area contributed by atoms with E-state index in [0.29, 0.717) is 9.86 Å². The van der Waals surface area contributed by atoms with Crippen LogP contribution < -0.4 is 0 Å². The van der Waals surface area contributed by atoms with Crippen LogP contribution in [0.2, 0.25) is 0 Å². The third-order valence-electron chi connectivity index (χ3n) is 2.04. The fraction of sp³-hybridized carbons (Fsp3) is 0.222. The number of fused-ring (bicyclic) bond motifs is 1. The van der Waals surface area contributed by atoms with Crippen LogP contribution in [-0.4, -0.2) is 9.78 Å². The molecule has 0 amide bonds. The predicted octanol–water partition coefficient (Wildman–Crippen LogP) is 3.35. The molecule has 0 N–H and O–H groups in total. The van der Waals surface area contributed by atoms with Crippen molar-refractivity contribution in [3.8, 4) is 0 Å². The minimum absolute atomic E-state index is 0.0284. The number of hydrogen-bond donors (Lipinski definition) is 0. The van der Waals surface area contributed by atoms with Crippen molar-refractivity contribution >= 4 is 26.8 Å². The lowest BCUT2D eigenvalue weighted by molar-refractivity contribution is -0.136. The van der Waals surface area contributed by atoms with Crippen LogP contribution in [0.4, 0.5) is 13.2 Å². The molecule has 0 aliphatic rings. The van der Waals surface area contributed by atoms with E-state index in [9.17, 15) is 13.2 Å². The molecule has 15 heavy (non-hydrogen) atoms. The molecule has 1 heterocycles. The van der Waals surface area contributed by atoms with Gasteiger partial charge in [0, 0.05) is 23.1 Å². The minimum Gasteiger partial charge on any atom is -0.275 e. The van der Waals surface area contributed by atoms with Crippen molar-refractivity contribution in [1.29, 1.82) is 0 Å². The maximum Gasteiger partial charge on any atom is 0.418 e. The van der Waals surface area contributed by atoms with Gasteiger partial charge in [-0.2, -0.15) is 18.3 Å². The highest BCUT2D eigenvalue weighted by atomic mass is 79.9. The fourth-order valence-electron chi connectivity index (χ4n) is 1.42. The van der Waals surface area contributed by atoms with Crippen molar-refractivity contribution in [3.63, 3.8) is 0 Å². The smallest absolute Gasteiger partial charge is 0.275 e. The van der Waals surface area contributed by atoms with Crippen LogP contribution in [0.15, 0.2) is 22.8 Å².